The second-order valence-electron chi connectivity index (χ2n) is 10.3. The molecule has 0 bridgehead atoms. The first-order valence-corrected chi connectivity index (χ1v) is 13.1. The number of nitrogens with zero attached hydrogens (tertiary/aromatic N) is 1. The lowest BCUT2D eigenvalue weighted by Crippen LogP contribution is -2.48. The molecule has 3 aliphatic rings. The minimum atomic E-state index is -0.900. The Morgan fingerprint density at radius 2 is 2.15 bits per heavy atom. The molecule has 0 unspecified atom stereocenters. The van der Waals surface area contributed by atoms with E-state index >= 15 is 0 Å². The summed E-state index contributed by atoms with van der Waals surface area (Å²) < 4.78 is 6.45. The number of fused-ring (bicyclic) bond motifs is 3. The number of aryl methyl sites for hydroxylation is 1. The largest absolute Gasteiger partial charge is 0.490 e. The zero-order valence-electron chi connectivity index (χ0n) is 19.9. The Morgan fingerprint density at radius 1 is 1.26 bits per heavy atom. The fourth-order valence-electron chi connectivity index (χ4n) is 6.04. The number of rotatable bonds is 6. The highest BCUT2D eigenvalue weighted by atomic mass is 35.5. The number of allylic oxidation sites excluding steroid dienone is 2. The molecule has 1 N–H and O–H groups in total. The minimum Gasteiger partial charge on any atom is -0.490 e. The van der Waals surface area contributed by atoms with E-state index in [4.69, 9.17) is 16.3 Å². The van der Waals surface area contributed by atoms with Crippen LogP contribution in [0.5, 0.6) is 5.75 Å². The summed E-state index contributed by atoms with van der Waals surface area (Å²) in [6.07, 6.45) is 12.7. The molecule has 0 saturated heterocycles. The third kappa shape index (κ3) is 4.45. The number of aromatic carboxylic acids is 1. The van der Waals surface area contributed by atoms with Gasteiger partial charge in [-0.1, -0.05) is 43.2 Å². The fraction of sp³-hybridized carbons (Fsp3) is 0.483. The summed E-state index contributed by atoms with van der Waals surface area (Å²) in [4.78, 5) is 14.2. The van der Waals surface area contributed by atoms with Gasteiger partial charge in [-0.15, -0.1) is 0 Å². The van der Waals surface area contributed by atoms with Crippen LogP contribution in [0.2, 0.25) is 5.02 Å². The molecule has 3 atom stereocenters. The van der Waals surface area contributed by atoms with E-state index in [0.717, 1.165) is 55.2 Å². The lowest BCUT2D eigenvalue weighted by Gasteiger charge is -2.44. The molecule has 2 aromatic carbocycles. The molecule has 0 radical (unpaired) electrons. The van der Waals surface area contributed by atoms with Crippen molar-refractivity contribution >= 4 is 23.3 Å². The normalized spacial score (nSPS) is 25.9. The number of carbonyl (C=O) groups is 1. The Hall–Kier alpha value is -2.46. The number of ether oxygens (including phenoxy) is 1. The maximum Gasteiger partial charge on any atom is 0.335 e. The summed E-state index contributed by atoms with van der Waals surface area (Å²) in [5, 5.41) is 10.4. The summed E-state index contributed by atoms with van der Waals surface area (Å²) in [5.74, 6) is 1.08. The molecule has 1 fully saturated rings. The molecule has 34 heavy (non-hydrogen) atoms. The van der Waals surface area contributed by atoms with E-state index < -0.39 is 5.97 Å². The summed E-state index contributed by atoms with van der Waals surface area (Å²) in [5.41, 5.74) is 3.77. The van der Waals surface area contributed by atoms with Crippen LogP contribution in [0.15, 0.2) is 48.6 Å². The number of hydrogen-bond donors (Lipinski definition) is 1. The molecule has 5 rings (SSSR count). The topological polar surface area (TPSA) is 49.8 Å². The van der Waals surface area contributed by atoms with E-state index in [0.29, 0.717) is 24.0 Å². The van der Waals surface area contributed by atoms with Gasteiger partial charge in [0.2, 0.25) is 0 Å². The molecule has 1 spiro atoms. The number of carboxylic acids is 1. The Bertz CT molecular complexity index is 1100. The quantitative estimate of drug-likeness (QED) is 0.458. The van der Waals surface area contributed by atoms with Gasteiger partial charge in [0.15, 0.2) is 0 Å². The van der Waals surface area contributed by atoms with E-state index in [1.54, 1.807) is 6.07 Å². The molecular formula is C29H34ClNO3. The van der Waals surface area contributed by atoms with E-state index in [1.165, 1.54) is 30.4 Å². The van der Waals surface area contributed by atoms with Crippen molar-refractivity contribution in [2.75, 3.05) is 24.6 Å². The number of anilines is 1. The van der Waals surface area contributed by atoms with Gasteiger partial charge in [0, 0.05) is 23.5 Å². The van der Waals surface area contributed by atoms with Gasteiger partial charge in [0.1, 0.15) is 5.75 Å². The van der Waals surface area contributed by atoms with E-state index in [-0.39, 0.29) is 5.41 Å². The van der Waals surface area contributed by atoms with Crippen molar-refractivity contribution in [3.05, 3.63) is 70.3 Å². The Morgan fingerprint density at radius 3 is 2.91 bits per heavy atom. The summed E-state index contributed by atoms with van der Waals surface area (Å²) >= 11 is 6.34. The molecule has 180 valence electrons. The fourth-order valence-corrected chi connectivity index (χ4v) is 6.24. The van der Waals surface area contributed by atoms with Gasteiger partial charge in [-0.2, -0.15) is 0 Å². The standard InChI is InChI=1S/C29H34ClNO3/c1-2-3-4-6-20-8-9-23(20)17-31-18-29(14-5-7-21-15-24(30)11-12-25(21)29)19-34-27-13-10-22(28(32)33)16-26(27)31/h4,6,10-13,15-16,20,23H,2-3,5,7-9,14,17-19H2,1H3,(H,32,33)/b6-4+/t20-,23+,29+/m1/s1. The van der Waals surface area contributed by atoms with Gasteiger partial charge in [-0.05, 0) is 91.8 Å². The number of carboxylic acid groups (broad SMARTS) is 1. The maximum absolute atomic E-state index is 11.8. The van der Waals surface area contributed by atoms with Crippen molar-refractivity contribution in [2.45, 2.75) is 57.3 Å². The van der Waals surface area contributed by atoms with Crippen LogP contribution in [0.1, 0.15) is 66.9 Å². The van der Waals surface area contributed by atoms with Gasteiger partial charge in [0.25, 0.3) is 0 Å². The first kappa shape index (κ1) is 23.3. The Kier molecular flexibility index (Phi) is 6.61. The van der Waals surface area contributed by atoms with Crippen LogP contribution in [0.4, 0.5) is 5.69 Å². The van der Waals surface area contributed by atoms with Crippen LogP contribution in [0.3, 0.4) is 0 Å². The second kappa shape index (κ2) is 9.65. The molecule has 2 aromatic rings. The van der Waals surface area contributed by atoms with Crippen LogP contribution in [0.25, 0.3) is 0 Å². The van der Waals surface area contributed by atoms with Crippen molar-refractivity contribution in [2.24, 2.45) is 11.8 Å². The average molecular weight is 480 g/mol. The van der Waals surface area contributed by atoms with Gasteiger partial charge in [0.05, 0.1) is 17.9 Å². The maximum atomic E-state index is 11.8. The first-order chi connectivity index (χ1) is 16.5. The monoisotopic (exact) mass is 479 g/mol. The van der Waals surface area contributed by atoms with Gasteiger partial charge in [-0.25, -0.2) is 4.79 Å². The van der Waals surface area contributed by atoms with Crippen LogP contribution in [-0.4, -0.2) is 30.8 Å². The number of halogens is 1. The van der Waals surface area contributed by atoms with Gasteiger partial charge < -0.3 is 14.7 Å². The average Bonchev–Trinajstić information content (AvgIpc) is 2.96. The molecule has 1 saturated carbocycles. The molecule has 5 heteroatoms. The zero-order chi connectivity index (χ0) is 23.7. The van der Waals surface area contributed by atoms with Crippen molar-refractivity contribution in [1.29, 1.82) is 0 Å². The lowest BCUT2D eigenvalue weighted by molar-refractivity contribution is 0.0697. The molecule has 2 aliphatic carbocycles. The van der Waals surface area contributed by atoms with E-state index in [1.807, 2.05) is 18.2 Å². The third-order valence-electron chi connectivity index (χ3n) is 8.05. The summed E-state index contributed by atoms with van der Waals surface area (Å²) in [7, 11) is 0. The molecule has 0 amide bonds. The summed E-state index contributed by atoms with van der Waals surface area (Å²) in [6, 6.07) is 11.6. The van der Waals surface area contributed by atoms with Crippen molar-refractivity contribution in [3.63, 3.8) is 0 Å². The highest BCUT2D eigenvalue weighted by Gasteiger charge is 2.43. The van der Waals surface area contributed by atoms with E-state index in [9.17, 15) is 9.90 Å². The number of hydrogen-bond acceptors (Lipinski definition) is 3. The number of unbranched alkanes of at least 4 members (excludes halogenated alkanes) is 1. The second-order valence-corrected chi connectivity index (χ2v) is 10.7. The van der Waals surface area contributed by atoms with Crippen molar-refractivity contribution in [3.8, 4) is 5.75 Å². The number of benzene rings is 2. The van der Waals surface area contributed by atoms with Crippen LogP contribution in [-0.2, 0) is 11.8 Å². The molecule has 4 nitrogen and oxygen atoms in total. The minimum absolute atomic E-state index is 0.127. The smallest absolute Gasteiger partial charge is 0.335 e. The van der Waals surface area contributed by atoms with Crippen molar-refractivity contribution < 1.29 is 14.6 Å². The SMILES string of the molecule is CCC/C=C/[C@@H]1CC[C@H]1CN1C[C@@]2(CCCc3cc(Cl)ccc32)COc2ccc(C(=O)O)cc21. The lowest BCUT2D eigenvalue weighted by atomic mass is 9.69. The predicted octanol–water partition coefficient (Wildman–Crippen LogP) is 6.89. The summed E-state index contributed by atoms with van der Waals surface area (Å²) in [6.45, 7) is 4.57. The van der Waals surface area contributed by atoms with E-state index in [2.05, 4.69) is 36.1 Å². The highest BCUT2D eigenvalue weighted by Crippen LogP contribution is 2.46. The Labute approximate surface area is 207 Å². The van der Waals surface area contributed by atoms with Crippen LogP contribution in [0, 0.1) is 11.8 Å². The predicted molar refractivity (Wildman–Crippen MR) is 137 cm³/mol. The van der Waals surface area contributed by atoms with Gasteiger partial charge >= 0.3 is 5.97 Å². The Balaban J connectivity index is 1.51. The first-order valence-electron chi connectivity index (χ1n) is 12.7. The van der Waals surface area contributed by atoms with Crippen LogP contribution < -0.4 is 9.64 Å². The third-order valence-corrected chi connectivity index (χ3v) is 8.29. The molecular weight excluding hydrogens is 446 g/mol. The molecule has 1 heterocycles. The molecule has 1 aliphatic heterocycles. The van der Waals surface area contributed by atoms with Crippen molar-refractivity contribution in [1.82, 2.24) is 0 Å². The van der Waals surface area contributed by atoms with Crippen LogP contribution >= 0.6 is 11.6 Å². The molecule has 0 aromatic heterocycles. The van der Waals surface area contributed by atoms with Gasteiger partial charge in [-0.3, -0.25) is 0 Å². The highest BCUT2D eigenvalue weighted by molar-refractivity contribution is 6.30. The zero-order valence-corrected chi connectivity index (χ0v) is 20.7.